The largest absolute Gasteiger partial charge is 0.381 e. The van der Waals surface area contributed by atoms with Crippen molar-refractivity contribution in [3.05, 3.63) is 35.1 Å². The van der Waals surface area contributed by atoms with Crippen LogP contribution in [0, 0.1) is 11.6 Å². The van der Waals surface area contributed by atoms with Crippen LogP contribution in [0.2, 0.25) is 5.02 Å². The molecule has 2 rings (SSSR count). The lowest BCUT2D eigenvalue weighted by molar-refractivity contribution is 0.564. The van der Waals surface area contributed by atoms with Crippen LogP contribution in [0.3, 0.4) is 0 Å². The number of hydrogen-bond donors (Lipinski definition) is 1. The molecule has 0 aromatic carbocycles. The molecule has 2 aromatic heterocycles. The summed E-state index contributed by atoms with van der Waals surface area (Å²) in [5, 5.41) is 4.04. The third-order valence-corrected chi connectivity index (χ3v) is 1.90. The summed E-state index contributed by atoms with van der Waals surface area (Å²) in [6, 6.07) is 0.646. The van der Waals surface area contributed by atoms with Gasteiger partial charge in [0, 0.05) is 6.07 Å². The van der Waals surface area contributed by atoms with Gasteiger partial charge in [0.2, 0.25) is 0 Å². The lowest BCUT2D eigenvalue weighted by Crippen LogP contribution is -2.06. The molecule has 2 aromatic rings. The van der Waals surface area contributed by atoms with Crippen molar-refractivity contribution in [1.82, 2.24) is 14.8 Å². The van der Waals surface area contributed by atoms with Gasteiger partial charge < -0.3 is 5.73 Å². The highest BCUT2D eigenvalue weighted by molar-refractivity contribution is 6.30. The minimum absolute atomic E-state index is 0.194. The van der Waals surface area contributed by atoms with Gasteiger partial charge in [-0.15, -0.1) is 0 Å². The highest BCUT2D eigenvalue weighted by atomic mass is 35.5. The topological polar surface area (TPSA) is 56.7 Å². The second-order valence-electron chi connectivity index (χ2n) is 2.76. The maximum Gasteiger partial charge on any atom is 0.191 e. The summed E-state index contributed by atoms with van der Waals surface area (Å²) in [6.07, 6.45) is 2.65. The lowest BCUT2D eigenvalue weighted by atomic mass is 10.4. The van der Waals surface area contributed by atoms with Crippen molar-refractivity contribution in [3.8, 4) is 5.82 Å². The van der Waals surface area contributed by atoms with Gasteiger partial charge in [-0.1, -0.05) is 11.6 Å². The molecule has 0 unspecified atom stereocenters. The van der Waals surface area contributed by atoms with E-state index in [9.17, 15) is 8.78 Å². The van der Waals surface area contributed by atoms with E-state index in [-0.39, 0.29) is 5.82 Å². The molecule has 0 spiro atoms. The molecule has 0 aliphatic carbocycles. The van der Waals surface area contributed by atoms with Crippen LogP contribution in [-0.2, 0) is 0 Å². The van der Waals surface area contributed by atoms with E-state index in [4.69, 9.17) is 17.3 Å². The molecule has 2 N–H and O–H groups in total. The predicted molar refractivity (Wildman–Crippen MR) is 50.7 cm³/mol. The Kier molecular flexibility index (Phi) is 2.28. The number of hydrogen-bond acceptors (Lipinski definition) is 3. The van der Waals surface area contributed by atoms with Crippen LogP contribution in [-0.4, -0.2) is 14.8 Å². The second kappa shape index (κ2) is 3.47. The highest BCUT2D eigenvalue weighted by Crippen LogP contribution is 2.17. The molecule has 7 heteroatoms. The highest BCUT2D eigenvalue weighted by Gasteiger charge is 2.12. The van der Waals surface area contributed by atoms with Gasteiger partial charge in [0.1, 0.15) is 0 Å². The van der Waals surface area contributed by atoms with Crippen LogP contribution < -0.4 is 5.73 Å². The zero-order valence-corrected chi connectivity index (χ0v) is 8.04. The average molecular weight is 231 g/mol. The fourth-order valence-electron chi connectivity index (χ4n) is 1.05. The third-order valence-electron chi connectivity index (χ3n) is 1.71. The van der Waals surface area contributed by atoms with E-state index >= 15 is 0 Å². The number of aromatic nitrogens is 3. The number of pyridine rings is 1. The van der Waals surface area contributed by atoms with Crippen molar-refractivity contribution in [2.75, 3.05) is 5.73 Å². The van der Waals surface area contributed by atoms with E-state index in [1.165, 1.54) is 12.4 Å². The van der Waals surface area contributed by atoms with E-state index in [0.29, 0.717) is 11.1 Å². The molecule has 15 heavy (non-hydrogen) atoms. The van der Waals surface area contributed by atoms with Crippen molar-refractivity contribution >= 4 is 17.4 Å². The van der Waals surface area contributed by atoms with Crippen LogP contribution in [0.4, 0.5) is 14.6 Å². The Bertz CT molecular complexity index is 511. The number of rotatable bonds is 1. The van der Waals surface area contributed by atoms with E-state index in [2.05, 4.69) is 10.1 Å². The normalized spacial score (nSPS) is 10.6. The molecule has 0 aliphatic heterocycles. The predicted octanol–water partition coefficient (Wildman–Crippen LogP) is 1.78. The first kappa shape index (κ1) is 9.85. The van der Waals surface area contributed by atoms with Gasteiger partial charge in [-0.25, -0.2) is 18.4 Å². The maximum atomic E-state index is 13.3. The number of nitrogens with two attached hydrogens (primary N) is 1. The summed E-state index contributed by atoms with van der Waals surface area (Å²) in [6.45, 7) is 0. The van der Waals surface area contributed by atoms with Crippen molar-refractivity contribution < 1.29 is 8.78 Å². The van der Waals surface area contributed by atoms with Crippen molar-refractivity contribution in [2.45, 2.75) is 0 Å². The Morgan fingerprint density at radius 2 is 2.07 bits per heavy atom. The molecule has 0 saturated heterocycles. The maximum absolute atomic E-state index is 13.3. The molecule has 0 radical (unpaired) electrons. The fraction of sp³-hybridized carbons (Fsp3) is 0. The van der Waals surface area contributed by atoms with E-state index in [1.54, 1.807) is 0 Å². The summed E-state index contributed by atoms with van der Waals surface area (Å²) >= 11 is 5.59. The van der Waals surface area contributed by atoms with Crippen LogP contribution in [0.1, 0.15) is 0 Å². The number of halogens is 3. The van der Waals surface area contributed by atoms with Crippen molar-refractivity contribution in [1.29, 1.82) is 0 Å². The average Bonchev–Trinajstić information content (AvgIpc) is 2.58. The van der Waals surface area contributed by atoms with Crippen LogP contribution >= 0.6 is 11.6 Å². The Labute approximate surface area is 88.3 Å². The molecular formula is C8H5ClF2N4. The van der Waals surface area contributed by atoms with Gasteiger partial charge in [0.05, 0.1) is 17.4 Å². The summed E-state index contributed by atoms with van der Waals surface area (Å²) in [7, 11) is 0. The molecule has 4 nitrogen and oxygen atoms in total. The van der Waals surface area contributed by atoms with Crippen molar-refractivity contribution in [3.63, 3.8) is 0 Å². The van der Waals surface area contributed by atoms with Crippen molar-refractivity contribution in [2.24, 2.45) is 0 Å². The Hall–Kier alpha value is -1.69. The minimum atomic E-state index is -0.908. The standard InChI is InChI=1S/C8H5ClF2N4/c9-4-2-13-15(3-4)8-6(11)1-5(10)7(12)14-8/h1-3H,(H2,12,14). The smallest absolute Gasteiger partial charge is 0.191 e. The van der Waals surface area contributed by atoms with Gasteiger partial charge in [0.15, 0.2) is 23.3 Å². The molecule has 0 fully saturated rings. The first-order valence-corrected chi connectivity index (χ1v) is 4.28. The summed E-state index contributed by atoms with van der Waals surface area (Å²) in [4.78, 5) is 3.53. The molecule has 2 heterocycles. The molecule has 0 amide bonds. The molecule has 0 aliphatic rings. The molecule has 0 bridgehead atoms. The van der Waals surface area contributed by atoms with Gasteiger partial charge in [-0.2, -0.15) is 5.10 Å². The first-order valence-electron chi connectivity index (χ1n) is 3.90. The Morgan fingerprint density at radius 1 is 1.33 bits per heavy atom. The summed E-state index contributed by atoms with van der Waals surface area (Å²) < 4.78 is 27.1. The Balaban J connectivity index is 2.58. The van der Waals surface area contributed by atoms with Gasteiger partial charge >= 0.3 is 0 Å². The number of nitrogens with zero attached hydrogens (tertiary/aromatic N) is 3. The SMILES string of the molecule is Nc1nc(-n2cc(Cl)cn2)c(F)cc1F. The molecule has 0 atom stereocenters. The van der Waals surface area contributed by atoms with Gasteiger partial charge in [0.25, 0.3) is 0 Å². The fourth-order valence-corrected chi connectivity index (χ4v) is 1.18. The van der Waals surface area contributed by atoms with Crippen LogP contribution in [0.5, 0.6) is 0 Å². The third kappa shape index (κ3) is 1.75. The second-order valence-corrected chi connectivity index (χ2v) is 3.20. The van der Waals surface area contributed by atoms with E-state index < -0.39 is 17.5 Å². The van der Waals surface area contributed by atoms with E-state index in [1.807, 2.05) is 0 Å². The quantitative estimate of drug-likeness (QED) is 0.813. The van der Waals surface area contributed by atoms with Crippen LogP contribution in [0.25, 0.3) is 5.82 Å². The van der Waals surface area contributed by atoms with Crippen LogP contribution in [0.15, 0.2) is 18.5 Å². The summed E-state index contributed by atoms with van der Waals surface area (Å²) in [5.74, 6) is -2.35. The zero-order chi connectivity index (χ0) is 11.0. The van der Waals surface area contributed by atoms with E-state index in [0.717, 1.165) is 4.68 Å². The summed E-state index contributed by atoms with van der Waals surface area (Å²) in [5.41, 5.74) is 5.21. The molecule has 0 saturated carbocycles. The number of nitrogen functional groups attached to an aromatic ring is 1. The zero-order valence-electron chi connectivity index (χ0n) is 7.28. The van der Waals surface area contributed by atoms with Gasteiger partial charge in [-0.3, -0.25) is 0 Å². The minimum Gasteiger partial charge on any atom is -0.381 e. The first-order chi connectivity index (χ1) is 7.08. The molecular weight excluding hydrogens is 226 g/mol. The molecule has 78 valence electrons. The van der Waals surface area contributed by atoms with Gasteiger partial charge in [-0.05, 0) is 0 Å². The number of anilines is 1. The monoisotopic (exact) mass is 230 g/mol. The lowest BCUT2D eigenvalue weighted by Gasteiger charge is -2.03. The Morgan fingerprint density at radius 3 is 2.67 bits per heavy atom.